The molecule has 3 heterocycles. The van der Waals surface area contributed by atoms with E-state index in [1.54, 1.807) is 30.5 Å². The minimum atomic E-state index is -0.381. The molecule has 0 saturated heterocycles. The fourth-order valence-corrected chi connectivity index (χ4v) is 3.45. The minimum absolute atomic E-state index is 0.0206. The Labute approximate surface area is 186 Å². The Hall–Kier alpha value is -4.13. The number of hydrogen-bond donors (Lipinski definition) is 1. The Morgan fingerprint density at radius 2 is 1.84 bits per heavy atom. The van der Waals surface area contributed by atoms with Crippen LogP contribution in [0.2, 0.25) is 0 Å². The van der Waals surface area contributed by atoms with Crippen molar-refractivity contribution in [3.63, 3.8) is 0 Å². The summed E-state index contributed by atoms with van der Waals surface area (Å²) in [6.07, 6.45) is 13.2. The van der Waals surface area contributed by atoms with E-state index in [1.807, 2.05) is 23.1 Å². The van der Waals surface area contributed by atoms with E-state index < -0.39 is 0 Å². The first kappa shape index (κ1) is 21.1. The first-order chi connectivity index (χ1) is 15.7. The molecule has 0 spiro atoms. The van der Waals surface area contributed by atoms with Crippen LogP contribution in [0.25, 0.3) is 11.6 Å². The lowest BCUT2D eigenvalue weighted by molar-refractivity contribution is -0.125. The summed E-state index contributed by atoms with van der Waals surface area (Å²) in [6.45, 7) is 1.39. The number of carbonyl (C=O) groups excluding carboxylic acids is 2. The predicted molar refractivity (Wildman–Crippen MR) is 123 cm³/mol. The zero-order chi connectivity index (χ0) is 22.2. The summed E-state index contributed by atoms with van der Waals surface area (Å²) in [4.78, 5) is 38.7. The largest absolute Gasteiger partial charge is 0.339 e. The van der Waals surface area contributed by atoms with Gasteiger partial charge < -0.3 is 10.2 Å². The lowest BCUT2D eigenvalue weighted by Gasteiger charge is -2.18. The summed E-state index contributed by atoms with van der Waals surface area (Å²) in [5, 5.41) is 2.67. The predicted octanol–water partition coefficient (Wildman–Crippen LogP) is 3.84. The molecule has 4 rings (SSSR count). The molecule has 2 aromatic heterocycles. The maximum atomic E-state index is 12.7. The number of benzene rings is 1. The van der Waals surface area contributed by atoms with E-state index in [0.29, 0.717) is 18.9 Å². The van der Waals surface area contributed by atoms with Crippen LogP contribution in [0.5, 0.6) is 0 Å². The molecule has 0 unspecified atom stereocenters. The quantitative estimate of drug-likeness (QED) is 0.628. The van der Waals surface area contributed by atoms with E-state index in [4.69, 9.17) is 0 Å². The van der Waals surface area contributed by atoms with Crippen LogP contribution in [0, 0.1) is 0 Å². The van der Waals surface area contributed by atoms with Crippen molar-refractivity contribution in [3.05, 3.63) is 96.2 Å². The van der Waals surface area contributed by atoms with Crippen LogP contribution in [-0.2, 0) is 4.79 Å². The van der Waals surface area contributed by atoms with Gasteiger partial charge in [0.15, 0.2) is 0 Å². The smallest absolute Gasteiger partial charge is 0.277 e. The minimum Gasteiger partial charge on any atom is -0.339 e. The molecule has 160 valence electrons. The molecule has 0 fully saturated rings. The molecule has 0 aliphatic carbocycles. The van der Waals surface area contributed by atoms with Crippen LogP contribution in [0.3, 0.4) is 0 Å². The third-order valence-corrected chi connectivity index (χ3v) is 5.14. The normalized spacial score (nSPS) is 14.0. The summed E-state index contributed by atoms with van der Waals surface area (Å²) in [5.41, 5.74) is 3.49. The molecule has 1 aliphatic heterocycles. The van der Waals surface area contributed by atoms with E-state index in [1.165, 1.54) is 29.7 Å². The molecule has 3 aromatic rings. The van der Waals surface area contributed by atoms with Gasteiger partial charge in [-0.25, -0.2) is 9.97 Å². The zero-order valence-electron chi connectivity index (χ0n) is 17.5. The number of nitrogens with zero attached hydrogens (tertiary/aromatic N) is 4. The standard InChI is InChI=1S/C25H23N5O2/c31-24(30-15-4-7-21(12-16-30)20-5-2-1-3-6-20)11-9-19-8-10-23(28-17-19)29-25(32)22-18-26-13-14-27-22/h1-3,5-11,13-14,17-18H,4,12,15-16H2,(H,28,29,32)/b11-9+. The first-order valence-electron chi connectivity index (χ1n) is 10.4. The fraction of sp³-hybridized carbons (Fsp3) is 0.160. The Balaban J connectivity index is 1.31. The van der Waals surface area contributed by atoms with Gasteiger partial charge in [0.05, 0.1) is 6.20 Å². The first-order valence-corrected chi connectivity index (χ1v) is 10.4. The van der Waals surface area contributed by atoms with Crippen LogP contribution in [0.15, 0.2) is 79.4 Å². The Morgan fingerprint density at radius 1 is 0.969 bits per heavy atom. The summed E-state index contributed by atoms with van der Waals surface area (Å²) in [7, 11) is 0. The van der Waals surface area contributed by atoms with Gasteiger partial charge in [-0.2, -0.15) is 0 Å². The second-order valence-corrected chi connectivity index (χ2v) is 7.31. The van der Waals surface area contributed by atoms with E-state index in [-0.39, 0.29) is 17.5 Å². The highest BCUT2D eigenvalue weighted by Gasteiger charge is 2.15. The van der Waals surface area contributed by atoms with Gasteiger partial charge in [-0.15, -0.1) is 0 Å². The van der Waals surface area contributed by atoms with Crippen molar-refractivity contribution < 1.29 is 9.59 Å². The molecular formula is C25H23N5O2. The average molecular weight is 425 g/mol. The van der Waals surface area contributed by atoms with Crippen LogP contribution in [-0.4, -0.2) is 44.8 Å². The second-order valence-electron chi connectivity index (χ2n) is 7.31. The van der Waals surface area contributed by atoms with Crippen molar-refractivity contribution in [2.24, 2.45) is 0 Å². The topological polar surface area (TPSA) is 88.1 Å². The van der Waals surface area contributed by atoms with E-state index in [9.17, 15) is 9.59 Å². The molecule has 1 N–H and O–H groups in total. The maximum absolute atomic E-state index is 12.7. The number of anilines is 1. The maximum Gasteiger partial charge on any atom is 0.277 e. The molecule has 0 bridgehead atoms. The lowest BCUT2D eigenvalue weighted by atomic mass is 10.0. The summed E-state index contributed by atoms with van der Waals surface area (Å²) in [5.74, 6) is -0.00220. The van der Waals surface area contributed by atoms with E-state index in [2.05, 4.69) is 38.5 Å². The van der Waals surface area contributed by atoms with Gasteiger partial charge in [0, 0.05) is 37.8 Å². The SMILES string of the molecule is O=C(Nc1ccc(/C=C/C(=O)N2CCC=C(c3ccccc3)CC2)cn1)c1cnccn1. The van der Waals surface area contributed by atoms with Crippen molar-refractivity contribution in [1.29, 1.82) is 0 Å². The van der Waals surface area contributed by atoms with E-state index in [0.717, 1.165) is 18.4 Å². The third-order valence-electron chi connectivity index (χ3n) is 5.14. The molecule has 0 atom stereocenters. The molecule has 1 aliphatic rings. The average Bonchev–Trinajstić information content (AvgIpc) is 3.11. The van der Waals surface area contributed by atoms with E-state index >= 15 is 0 Å². The molecular weight excluding hydrogens is 402 g/mol. The number of pyridine rings is 1. The number of nitrogens with one attached hydrogen (secondary N) is 1. The second kappa shape index (κ2) is 10.3. The van der Waals surface area contributed by atoms with Gasteiger partial charge in [-0.3, -0.25) is 14.6 Å². The van der Waals surface area contributed by atoms with Crippen molar-refractivity contribution >= 4 is 29.3 Å². The summed E-state index contributed by atoms with van der Waals surface area (Å²) < 4.78 is 0. The monoisotopic (exact) mass is 425 g/mol. The highest BCUT2D eigenvalue weighted by molar-refractivity contribution is 6.02. The molecule has 0 saturated carbocycles. The lowest BCUT2D eigenvalue weighted by Crippen LogP contribution is -2.30. The van der Waals surface area contributed by atoms with Gasteiger partial charge in [0.25, 0.3) is 5.91 Å². The van der Waals surface area contributed by atoms with Gasteiger partial charge in [0.1, 0.15) is 11.5 Å². The third kappa shape index (κ3) is 5.51. The van der Waals surface area contributed by atoms with Gasteiger partial charge in [-0.1, -0.05) is 36.4 Å². The molecule has 1 aromatic carbocycles. The Morgan fingerprint density at radius 3 is 2.59 bits per heavy atom. The Kier molecular flexibility index (Phi) is 6.77. The highest BCUT2D eigenvalue weighted by atomic mass is 16.2. The Bertz CT molecular complexity index is 1130. The number of rotatable bonds is 5. The van der Waals surface area contributed by atoms with Gasteiger partial charge >= 0.3 is 0 Å². The molecule has 2 amide bonds. The summed E-state index contributed by atoms with van der Waals surface area (Å²) >= 11 is 0. The van der Waals surface area contributed by atoms with Crippen molar-refractivity contribution in [2.45, 2.75) is 12.8 Å². The fourth-order valence-electron chi connectivity index (χ4n) is 3.45. The van der Waals surface area contributed by atoms with Gasteiger partial charge in [0.2, 0.25) is 5.91 Å². The molecule has 7 heteroatoms. The highest BCUT2D eigenvalue weighted by Crippen LogP contribution is 2.22. The van der Waals surface area contributed by atoms with Crippen LogP contribution >= 0.6 is 0 Å². The molecule has 32 heavy (non-hydrogen) atoms. The zero-order valence-corrected chi connectivity index (χ0v) is 17.5. The number of aromatic nitrogens is 3. The van der Waals surface area contributed by atoms with Crippen molar-refractivity contribution in [2.75, 3.05) is 18.4 Å². The number of amides is 2. The molecule has 7 nitrogen and oxygen atoms in total. The van der Waals surface area contributed by atoms with Crippen LogP contribution in [0.1, 0.15) is 34.5 Å². The number of hydrogen-bond acceptors (Lipinski definition) is 5. The molecule has 0 radical (unpaired) electrons. The van der Waals surface area contributed by atoms with Gasteiger partial charge in [-0.05, 0) is 47.8 Å². The van der Waals surface area contributed by atoms with Crippen molar-refractivity contribution in [3.8, 4) is 0 Å². The summed E-state index contributed by atoms with van der Waals surface area (Å²) in [6, 6.07) is 13.8. The number of carbonyl (C=O) groups is 2. The van der Waals surface area contributed by atoms with Crippen molar-refractivity contribution in [1.82, 2.24) is 19.9 Å². The van der Waals surface area contributed by atoms with Crippen LogP contribution in [0.4, 0.5) is 5.82 Å². The van der Waals surface area contributed by atoms with Crippen LogP contribution < -0.4 is 5.32 Å².